The molecule has 0 aliphatic carbocycles. The minimum atomic E-state index is -0.308. The SMILES string of the molecule is Fc1c(Br)ccc2c1ncn2C1CCCCO1. The van der Waals surface area contributed by atoms with Gasteiger partial charge in [-0.1, -0.05) is 0 Å². The second-order valence-corrected chi connectivity index (χ2v) is 5.06. The summed E-state index contributed by atoms with van der Waals surface area (Å²) in [7, 11) is 0. The zero-order valence-electron chi connectivity index (χ0n) is 9.20. The Balaban J connectivity index is 2.08. The van der Waals surface area contributed by atoms with E-state index >= 15 is 0 Å². The summed E-state index contributed by atoms with van der Waals surface area (Å²) in [6.45, 7) is 0.767. The van der Waals surface area contributed by atoms with E-state index in [0.29, 0.717) is 9.99 Å². The van der Waals surface area contributed by atoms with Gasteiger partial charge in [0.2, 0.25) is 0 Å². The van der Waals surface area contributed by atoms with Crippen molar-refractivity contribution in [3.05, 3.63) is 28.7 Å². The number of halogens is 2. The number of benzene rings is 1. The molecule has 2 aromatic rings. The predicted octanol–water partition coefficient (Wildman–Crippen LogP) is 3.64. The molecule has 2 heterocycles. The molecule has 1 aromatic carbocycles. The Labute approximate surface area is 107 Å². The van der Waals surface area contributed by atoms with Gasteiger partial charge in [0, 0.05) is 6.61 Å². The van der Waals surface area contributed by atoms with Crippen LogP contribution in [0.15, 0.2) is 22.9 Å². The molecule has 1 atom stereocenters. The van der Waals surface area contributed by atoms with Crippen LogP contribution in [0.3, 0.4) is 0 Å². The largest absolute Gasteiger partial charge is 0.358 e. The third-order valence-corrected chi connectivity index (χ3v) is 3.72. The molecular weight excluding hydrogens is 287 g/mol. The Bertz CT molecular complexity index is 549. The average Bonchev–Trinajstić information content (AvgIpc) is 2.79. The molecule has 1 aliphatic heterocycles. The van der Waals surface area contributed by atoms with Crippen LogP contribution in [0.25, 0.3) is 11.0 Å². The highest BCUT2D eigenvalue weighted by molar-refractivity contribution is 9.10. The van der Waals surface area contributed by atoms with Crippen molar-refractivity contribution in [2.75, 3.05) is 6.61 Å². The Morgan fingerprint density at radius 3 is 3.06 bits per heavy atom. The van der Waals surface area contributed by atoms with Gasteiger partial charge in [-0.2, -0.15) is 0 Å². The number of nitrogens with zero attached hydrogens (tertiary/aromatic N) is 2. The highest BCUT2D eigenvalue weighted by Gasteiger charge is 2.19. The molecular formula is C12H12BrFN2O. The Morgan fingerprint density at radius 2 is 2.29 bits per heavy atom. The Morgan fingerprint density at radius 1 is 1.41 bits per heavy atom. The number of hydrogen-bond donors (Lipinski definition) is 0. The van der Waals surface area contributed by atoms with Gasteiger partial charge in [-0.25, -0.2) is 9.37 Å². The summed E-state index contributed by atoms with van der Waals surface area (Å²) in [6, 6.07) is 3.58. The summed E-state index contributed by atoms with van der Waals surface area (Å²) >= 11 is 3.17. The normalized spacial score (nSPS) is 20.9. The standard InChI is InChI=1S/C12H12BrFN2O/c13-8-4-5-9-12(11(8)14)15-7-16(9)10-3-1-2-6-17-10/h4-5,7,10H,1-3,6H2. The molecule has 0 spiro atoms. The van der Waals surface area contributed by atoms with Crippen molar-refractivity contribution in [3.63, 3.8) is 0 Å². The van der Waals surface area contributed by atoms with Crippen LogP contribution in [0, 0.1) is 5.82 Å². The van der Waals surface area contributed by atoms with Crippen molar-refractivity contribution in [2.24, 2.45) is 0 Å². The van der Waals surface area contributed by atoms with Gasteiger partial charge in [-0.05, 0) is 47.3 Å². The number of ether oxygens (including phenoxy) is 1. The Kier molecular flexibility index (Phi) is 2.88. The first kappa shape index (κ1) is 11.2. The summed E-state index contributed by atoms with van der Waals surface area (Å²) in [5.74, 6) is -0.308. The van der Waals surface area contributed by atoms with Gasteiger partial charge in [0.25, 0.3) is 0 Å². The van der Waals surface area contributed by atoms with Gasteiger partial charge in [0.05, 0.1) is 16.3 Å². The number of rotatable bonds is 1. The summed E-state index contributed by atoms with van der Waals surface area (Å²) in [5.41, 5.74) is 1.19. The topological polar surface area (TPSA) is 27.1 Å². The molecule has 0 radical (unpaired) electrons. The summed E-state index contributed by atoms with van der Waals surface area (Å²) in [5, 5.41) is 0. The molecule has 1 saturated heterocycles. The average molecular weight is 299 g/mol. The lowest BCUT2D eigenvalue weighted by Crippen LogP contribution is -2.17. The smallest absolute Gasteiger partial charge is 0.165 e. The van der Waals surface area contributed by atoms with E-state index in [4.69, 9.17) is 4.74 Å². The van der Waals surface area contributed by atoms with E-state index in [-0.39, 0.29) is 12.0 Å². The molecule has 0 amide bonds. The molecule has 1 unspecified atom stereocenters. The predicted molar refractivity (Wildman–Crippen MR) is 66.2 cm³/mol. The van der Waals surface area contributed by atoms with Crippen LogP contribution in [0.4, 0.5) is 4.39 Å². The third kappa shape index (κ3) is 1.87. The zero-order chi connectivity index (χ0) is 11.8. The first-order valence-electron chi connectivity index (χ1n) is 5.69. The number of imidazole rings is 1. The van der Waals surface area contributed by atoms with Crippen LogP contribution >= 0.6 is 15.9 Å². The van der Waals surface area contributed by atoms with Gasteiger partial charge >= 0.3 is 0 Å². The minimum Gasteiger partial charge on any atom is -0.358 e. The molecule has 1 fully saturated rings. The van der Waals surface area contributed by atoms with Crippen molar-refractivity contribution in [3.8, 4) is 0 Å². The molecule has 0 saturated carbocycles. The van der Waals surface area contributed by atoms with E-state index in [2.05, 4.69) is 20.9 Å². The number of aromatic nitrogens is 2. The quantitative estimate of drug-likeness (QED) is 0.804. The van der Waals surface area contributed by atoms with Gasteiger partial charge in [0.1, 0.15) is 11.7 Å². The van der Waals surface area contributed by atoms with Crippen LogP contribution in [-0.4, -0.2) is 16.2 Å². The van der Waals surface area contributed by atoms with Crippen LogP contribution in [0.5, 0.6) is 0 Å². The van der Waals surface area contributed by atoms with Gasteiger partial charge in [0.15, 0.2) is 5.82 Å². The van der Waals surface area contributed by atoms with E-state index in [9.17, 15) is 4.39 Å². The fourth-order valence-electron chi connectivity index (χ4n) is 2.22. The fraction of sp³-hybridized carbons (Fsp3) is 0.417. The maximum atomic E-state index is 13.8. The monoisotopic (exact) mass is 298 g/mol. The molecule has 3 rings (SSSR count). The first-order valence-corrected chi connectivity index (χ1v) is 6.49. The third-order valence-electron chi connectivity index (χ3n) is 3.10. The zero-order valence-corrected chi connectivity index (χ0v) is 10.8. The van der Waals surface area contributed by atoms with E-state index in [1.807, 2.05) is 10.6 Å². The van der Waals surface area contributed by atoms with Crippen molar-refractivity contribution in [1.29, 1.82) is 0 Å². The highest BCUT2D eigenvalue weighted by atomic mass is 79.9. The van der Waals surface area contributed by atoms with Crippen LogP contribution in [0.2, 0.25) is 0 Å². The first-order chi connectivity index (χ1) is 8.27. The molecule has 0 bridgehead atoms. The fourth-order valence-corrected chi connectivity index (χ4v) is 2.54. The summed E-state index contributed by atoms with van der Waals surface area (Å²) in [6.07, 6.45) is 4.86. The molecule has 5 heteroatoms. The molecule has 0 N–H and O–H groups in total. The van der Waals surface area contributed by atoms with E-state index < -0.39 is 0 Å². The van der Waals surface area contributed by atoms with Crippen molar-refractivity contribution >= 4 is 27.0 Å². The number of hydrogen-bond acceptors (Lipinski definition) is 2. The highest BCUT2D eigenvalue weighted by Crippen LogP contribution is 2.29. The maximum Gasteiger partial charge on any atom is 0.165 e. The lowest BCUT2D eigenvalue weighted by Gasteiger charge is -2.24. The van der Waals surface area contributed by atoms with Gasteiger partial charge < -0.3 is 9.30 Å². The van der Waals surface area contributed by atoms with E-state index in [1.54, 1.807) is 12.4 Å². The minimum absolute atomic E-state index is 0.00525. The Hall–Kier alpha value is -0.940. The van der Waals surface area contributed by atoms with Crippen LogP contribution in [-0.2, 0) is 4.74 Å². The lowest BCUT2D eigenvalue weighted by molar-refractivity contribution is -0.0295. The molecule has 1 aliphatic rings. The van der Waals surface area contributed by atoms with Crippen LogP contribution < -0.4 is 0 Å². The summed E-state index contributed by atoms with van der Waals surface area (Å²) < 4.78 is 21.9. The second kappa shape index (κ2) is 4.38. The van der Waals surface area contributed by atoms with Crippen molar-refractivity contribution < 1.29 is 9.13 Å². The molecule has 1 aromatic heterocycles. The molecule has 90 valence electrons. The van der Waals surface area contributed by atoms with Crippen LogP contribution in [0.1, 0.15) is 25.5 Å². The molecule has 3 nitrogen and oxygen atoms in total. The van der Waals surface area contributed by atoms with E-state index in [1.165, 1.54) is 0 Å². The lowest BCUT2D eigenvalue weighted by atomic mass is 10.2. The number of fused-ring (bicyclic) bond motifs is 1. The van der Waals surface area contributed by atoms with Crippen molar-refractivity contribution in [1.82, 2.24) is 9.55 Å². The van der Waals surface area contributed by atoms with Crippen molar-refractivity contribution in [2.45, 2.75) is 25.5 Å². The second-order valence-electron chi connectivity index (χ2n) is 4.20. The molecule has 17 heavy (non-hydrogen) atoms. The van der Waals surface area contributed by atoms with Gasteiger partial charge in [-0.3, -0.25) is 0 Å². The summed E-state index contributed by atoms with van der Waals surface area (Å²) in [4.78, 5) is 4.13. The van der Waals surface area contributed by atoms with Gasteiger partial charge in [-0.15, -0.1) is 0 Å². The maximum absolute atomic E-state index is 13.8. The van der Waals surface area contributed by atoms with E-state index in [0.717, 1.165) is 31.4 Å².